The van der Waals surface area contributed by atoms with E-state index in [1.807, 2.05) is 97.9 Å². The molecular formula is C37H44N4O5S. The molecule has 2 amide bonds. The molecule has 9 nitrogen and oxygen atoms in total. The molecule has 0 radical (unpaired) electrons. The van der Waals surface area contributed by atoms with Crippen molar-refractivity contribution in [1.29, 1.82) is 0 Å². The number of amides is 2. The Morgan fingerprint density at radius 2 is 1.30 bits per heavy atom. The molecule has 0 saturated heterocycles. The van der Waals surface area contributed by atoms with Crippen LogP contribution in [0.25, 0.3) is 0 Å². The summed E-state index contributed by atoms with van der Waals surface area (Å²) in [6.07, 6.45) is 1.24. The molecule has 4 aromatic carbocycles. The zero-order valence-electron chi connectivity index (χ0n) is 27.3. The van der Waals surface area contributed by atoms with E-state index >= 15 is 0 Å². The Bertz CT molecular complexity index is 1720. The van der Waals surface area contributed by atoms with E-state index in [1.165, 1.54) is 25.2 Å². The summed E-state index contributed by atoms with van der Waals surface area (Å²) in [5, 5.41) is 20.8. The minimum atomic E-state index is -3.70. The van der Waals surface area contributed by atoms with Crippen molar-refractivity contribution < 1.29 is 23.1 Å². The number of hydrogen-bond acceptors (Lipinski definition) is 6. The van der Waals surface area contributed by atoms with Crippen LogP contribution in [0.1, 0.15) is 69.8 Å². The molecule has 0 aliphatic heterocycles. The highest BCUT2D eigenvalue weighted by Gasteiger charge is 2.26. The second-order valence-electron chi connectivity index (χ2n) is 11.7. The van der Waals surface area contributed by atoms with Crippen LogP contribution in [0.4, 0.5) is 5.69 Å². The van der Waals surface area contributed by atoms with Crippen molar-refractivity contribution in [2.24, 2.45) is 0 Å². The molecule has 4 unspecified atom stereocenters. The SMILES string of the molecule is CCC(NCC(O)C(Cc1ccccc1)NC(=O)c1cc(C(=O)NC(C)c2ccccc2)cc(N(C)S(C)(=O)=O)c1)c1ccccc1. The largest absolute Gasteiger partial charge is 0.390 e. The molecular weight excluding hydrogens is 612 g/mol. The number of rotatable bonds is 15. The first-order chi connectivity index (χ1) is 22.5. The molecule has 0 saturated carbocycles. The summed E-state index contributed by atoms with van der Waals surface area (Å²) in [5.74, 6) is -1.01. The van der Waals surface area contributed by atoms with Crippen LogP contribution >= 0.6 is 0 Å². The van der Waals surface area contributed by atoms with Crippen molar-refractivity contribution in [1.82, 2.24) is 16.0 Å². The van der Waals surface area contributed by atoms with Crippen LogP contribution in [-0.2, 0) is 16.4 Å². The van der Waals surface area contributed by atoms with Crippen LogP contribution in [0, 0.1) is 0 Å². The van der Waals surface area contributed by atoms with Gasteiger partial charge in [0.2, 0.25) is 10.0 Å². The van der Waals surface area contributed by atoms with Crippen molar-refractivity contribution in [2.75, 3.05) is 24.2 Å². The Hall–Kier alpha value is -4.51. The maximum absolute atomic E-state index is 13.9. The van der Waals surface area contributed by atoms with Crippen LogP contribution in [0.5, 0.6) is 0 Å². The molecule has 0 bridgehead atoms. The summed E-state index contributed by atoms with van der Waals surface area (Å²) in [4.78, 5) is 27.3. The smallest absolute Gasteiger partial charge is 0.251 e. The first kappa shape index (κ1) is 35.3. The van der Waals surface area contributed by atoms with Crippen LogP contribution in [-0.4, -0.2) is 57.3 Å². The highest BCUT2D eigenvalue weighted by Crippen LogP contribution is 2.23. The summed E-state index contributed by atoms with van der Waals surface area (Å²) in [6.45, 7) is 4.13. The molecule has 4 rings (SSSR count). The standard InChI is InChI=1S/C37H44N4O5S/c1-5-33(29-19-13-8-14-20-29)38-25-35(42)34(21-27-15-9-6-10-16-27)40-37(44)31-22-30(23-32(24-31)41(3)47(4,45)46)36(43)39-26(2)28-17-11-7-12-18-28/h6-20,22-24,26,33-35,38,42H,5,21,25H2,1-4H3,(H,39,43)(H,40,44). The molecule has 4 atom stereocenters. The first-order valence-corrected chi connectivity index (χ1v) is 17.6. The molecule has 47 heavy (non-hydrogen) atoms. The topological polar surface area (TPSA) is 128 Å². The molecule has 0 aromatic heterocycles. The molecule has 0 aliphatic rings. The Labute approximate surface area is 278 Å². The molecule has 4 N–H and O–H groups in total. The van der Waals surface area contributed by atoms with E-state index in [0.717, 1.165) is 33.7 Å². The molecule has 0 aliphatic carbocycles. The van der Waals surface area contributed by atoms with Crippen LogP contribution in [0.3, 0.4) is 0 Å². The average molecular weight is 657 g/mol. The van der Waals surface area contributed by atoms with Crippen molar-refractivity contribution in [3.8, 4) is 0 Å². The van der Waals surface area contributed by atoms with Gasteiger partial charge < -0.3 is 21.1 Å². The lowest BCUT2D eigenvalue weighted by Gasteiger charge is -2.27. The van der Waals surface area contributed by atoms with Crippen molar-refractivity contribution in [3.63, 3.8) is 0 Å². The van der Waals surface area contributed by atoms with Crippen LogP contribution in [0.15, 0.2) is 109 Å². The van der Waals surface area contributed by atoms with Gasteiger partial charge in [-0.2, -0.15) is 0 Å². The van der Waals surface area contributed by atoms with E-state index in [1.54, 1.807) is 0 Å². The monoisotopic (exact) mass is 656 g/mol. The average Bonchev–Trinajstić information content (AvgIpc) is 3.08. The zero-order chi connectivity index (χ0) is 34.0. The predicted molar refractivity (Wildman–Crippen MR) is 187 cm³/mol. The number of hydrogen-bond donors (Lipinski definition) is 4. The van der Waals surface area contributed by atoms with Gasteiger partial charge in [0, 0.05) is 30.8 Å². The van der Waals surface area contributed by atoms with E-state index < -0.39 is 34.0 Å². The number of aliphatic hydroxyl groups excluding tert-OH is 1. The predicted octanol–water partition coefficient (Wildman–Crippen LogP) is 5.02. The number of nitrogens with zero attached hydrogens (tertiary/aromatic N) is 1. The van der Waals surface area contributed by atoms with Gasteiger partial charge in [-0.05, 0) is 54.7 Å². The Morgan fingerprint density at radius 1 is 0.787 bits per heavy atom. The summed E-state index contributed by atoms with van der Waals surface area (Å²) in [7, 11) is -2.34. The minimum absolute atomic E-state index is 0.0153. The van der Waals surface area contributed by atoms with E-state index in [2.05, 4.69) is 22.9 Å². The Kier molecular flexibility index (Phi) is 12.3. The number of sulfonamides is 1. The number of carbonyl (C=O) groups excluding carboxylic acids is 2. The van der Waals surface area contributed by atoms with E-state index in [4.69, 9.17) is 0 Å². The summed E-state index contributed by atoms with van der Waals surface area (Å²) >= 11 is 0. The Balaban J connectivity index is 1.61. The van der Waals surface area contributed by atoms with E-state index in [0.29, 0.717) is 6.42 Å². The fourth-order valence-electron chi connectivity index (χ4n) is 5.34. The van der Waals surface area contributed by atoms with Gasteiger partial charge in [0.15, 0.2) is 0 Å². The van der Waals surface area contributed by atoms with Crippen molar-refractivity contribution >= 4 is 27.5 Å². The van der Waals surface area contributed by atoms with Gasteiger partial charge in [0.25, 0.3) is 11.8 Å². The molecule has 0 spiro atoms. The van der Waals surface area contributed by atoms with Crippen LogP contribution in [0.2, 0.25) is 0 Å². The highest BCUT2D eigenvalue weighted by atomic mass is 32.2. The normalized spacial score (nSPS) is 14.0. The van der Waals surface area contributed by atoms with Gasteiger partial charge in [0.1, 0.15) is 0 Å². The van der Waals surface area contributed by atoms with Gasteiger partial charge in [0.05, 0.1) is 30.1 Å². The van der Waals surface area contributed by atoms with Gasteiger partial charge in [-0.15, -0.1) is 0 Å². The third-order valence-corrected chi connectivity index (χ3v) is 9.42. The van der Waals surface area contributed by atoms with Gasteiger partial charge in [-0.1, -0.05) is 97.9 Å². The second kappa shape index (κ2) is 16.4. The van der Waals surface area contributed by atoms with Gasteiger partial charge >= 0.3 is 0 Å². The maximum atomic E-state index is 13.9. The highest BCUT2D eigenvalue weighted by molar-refractivity contribution is 7.92. The first-order valence-electron chi connectivity index (χ1n) is 15.7. The molecule has 4 aromatic rings. The number of anilines is 1. The Morgan fingerprint density at radius 3 is 1.83 bits per heavy atom. The van der Waals surface area contributed by atoms with Crippen LogP contribution < -0.4 is 20.3 Å². The maximum Gasteiger partial charge on any atom is 0.251 e. The lowest BCUT2D eigenvalue weighted by molar-refractivity contribution is 0.0824. The van der Waals surface area contributed by atoms with E-state index in [-0.39, 0.29) is 35.4 Å². The molecule has 0 fully saturated rings. The van der Waals surface area contributed by atoms with Crippen molar-refractivity contribution in [2.45, 2.75) is 50.9 Å². The molecule has 248 valence electrons. The number of carbonyl (C=O) groups is 2. The summed E-state index contributed by atoms with van der Waals surface area (Å²) in [5.41, 5.74) is 3.30. The summed E-state index contributed by atoms with van der Waals surface area (Å²) in [6, 6.07) is 32.2. The minimum Gasteiger partial charge on any atom is -0.390 e. The number of benzene rings is 4. The molecule has 0 heterocycles. The third kappa shape index (κ3) is 9.99. The fourth-order valence-corrected chi connectivity index (χ4v) is 5.83. The van der Waals surface area contributed by atoms with Gasteiger partial charge in [-0.3, -0.25) is 13.9 Å². The third-order valence-electron chi connectivity index (χ3n) is 8.21. The quantitative estimate of drug-likeness (QED) is 0.142. The fraction of sp³-hybridized carbons (Fsp3) is 0.297. The molecule has 10 heteroatoms. The second-order valence-corrected chi connectivity index (χ2v) is 13.7. The summed E-state index contributed by atoms with van der Waals surface area (Å²) < 4.78 is 26.0. The van der Waals surface area contributed by atoms with Crippen molar-refractivity contribution in [3.05, 3.63) is 137 Å². The number of aliphatic hydroxyl groups is 1. The van der Waals surface area contributed by atoms with E-state index in [9.17, 15) is 23.1 Å². The zero-order valence-corrected chi connectivity index (χ0v) is 28.1. The number of nitrogens with one attached hydrogen (secondary N) is 3. The van der Waals surface area contributed by atoms with Gasteiger partial charge in [-0.25, -0.2) is 8.42 Å². The lowest BCUT2D eigenvalue weighted by Crippen LogP contribution is -2.49. The lowest BCUT2D eigenvalue weighted by atomic mass is 9.99.